The summed E-state index contributed by atoms with van der Waals surface area (Å²) in [5, 5.41) is 6.47. The maximum atomic E-state index is 12.2. The van der Waals surface area contributed by atoms with Gasteiger partial charge in [0.05, 0.1) is 12.1 Å². The van der Waals surface area contributed by atoms with Gasteiger partial charge in [0.2, 0.25) is 5.91 Å². The van der Waals surface area contributed by atoms with E-state index < -0.39 is 0 Å². The molecular weight excluding hydrogens is 216 g/mol. The number of hydrogen-bond donors (Lipinski definition) is 2. The first-order chi connectivity index (χ1) is 8.03. The fourth-order valence-corrected chi connectivity index (χ4v) is 2.82. The van der Waals surface area contributed by atoms with Gasteiger partial charge in [-0.1, -0.05) is 13.8 Å². The van der Waals surface area contributed by atoms with Crippen LogP contribution in [0, 0.1) is 5.41 Å². The molecule has 1 atom stereocenters. The predicted octanol–water partition coefficient (Wildman–Crippen LogP) is 1.06. The van der Waals surface area contributed by atoms with Crippen LogP contribution in [0.4, 0.5) is 0 Å². The van der Waals surface area contributed by atoms with Gasteiger partial charge in [-0.25, -0.2) is 0 Å². The lowest BCUT2D eigenvalue weighted by atomic mass is 9.76. The average molecular weight is 240 g/mol. The molecule has 1 aliphatic heterocycles. The molecule has 2 fully saturated rings. The predicted molar refractivity (Wildman–Crippen MR) is 66.8 cm³/mol. The van der Waals surface area contributed by atoms with Gasteiger partial charge < -0.3 is 15.4 Å². The molecule has 2 rings (SSSR count). The Morgan fingerprint density at radius 2 is 2.12 bits per heavy atom. The molecule has 1 aliphatic carbocycles. The molecule has 0 aromatic heterocycles. The van der Waals surface area contributed by atoms with Crippen LogP contribution in [-0.2, 0) is 9.53 Å². The molecule has 0 bridgehead atoms. The summed E-state index contributed by atoms with van der Waals surface area (Å²) in [6.45, 7) is 5.29. The lowest BCUT2D eigenvalue weighted by Gasteiger charge is -2.41. The first kappa shape index (κ1) is 12.8. The molecule has 1 saturated carbocycles. The number of carbonyl (C=O) groups excluding carboxylic acids is 1. The highest BCUT2D eigenvalue weighted by Crippen LogP contribution is 2.31. The Morgan fingerprint density at radius 1 is 1.41 bits per heavy atom. The number of amides is 1. The standard InChI is InChI=1S/C13H24N2O2/c1-13(2)5-4-6-14-11(13)12(16)15-9-7-10(8-9)17-3/h9-11,14H,4-8H2,1-3H3,(H,15,16). The Balaban J connectivity index is 1.83. The summed E-state index contributed by atoms with van der Waals surface area (Å²) < 4.78 is 5.22. The van der Waals surface area contributed by atoms with Crippen molar-refractivity contribution in [1.82, 2.24) is 10.6 Å². The van der Waals surface area contributed by atoms with Crippen molar-refractivity contribution in [3.05, 3.63) is 0 Å². The summed E-state index contributed by atoms with van der Waals surface area (Å²) >= 11 is 0. The molecule has 1 heterocycles. The van der Waals surface area contributed by atoms with Crippen molar-refractivity contribution >= 4 is 5.91 Å². The van der Waals surface area contributed by atoms with E-state index in [9.17, 15) is 4.79 Å². The fraction of sp³-hybridized carbons (Fsp3) is 0.923. The summed E-state index contributed by atoms with van der Waals surface area (Å²) in [4.78, 5) is 12.2. The van der Waals surface area contributed by atoms with Crippen LogP contribution in [0.25, 0.3) is 0 Å². The Labute approximate surface area is 103 Å². The molecule has 4 heteroatoms. The lowest BCUT2D eigenvalue weighted by Crippen LogP contribution is -2.59. The topological polar surface area (TPSA) is 50.4 Å². The summed E-state index contributed by atoms with van der Waals surface area (Å²) in [6.07, 6.45) is 4.52. The zero-order valence-electron chi connectivity index (χ0n) is 11.1. The minimum absolute atomic E-state index is 0.0437. The lowest BCUT2D eigenvalue weighted by molar-refractivity contribution is -0.129. The van der Waals surface area contributed by atoms with Crippen molar-refractivity contribution in [2.75, 3.05) is 13.7 Å². The minimum atomic E-state index is -0.0437. The van der Waals surface area contributed by atoms with Gasteiger partial charge in [-0.15, -0.1) is 0 Å². The van der Waals surface area contributed by atoms with Gasteiger partial charge in [-0.05, 0) is 37.6 Å². The van der Waals surface area contributed by atoms with Crippen LogP contribution in [0.1, 0.15) is 39.5 Å². The van der Waals surface area contributed by atoms with Crippen molar-refractivity contribution in [3.63, 3.8) is 0 Å². The zero-order valence-corrected chi connectivity index (χ0v) is 11.1. The summed E-state index contributed by atoms with van der Waals surface area (Å²) in [7, 11) is 1.73. The Hall–Kier alpha value is -0.610. The molecule has 0 aromatic carbocycles. The second-order valence-electron chi connectivity index (χ2n) is 6.01. The molecule has 0 aromatic rings. The third kappa shape index (κ3) is 2.80. The van der Waals surface area contributed by atoms with E-state index in [0.29, 0.717) is 12.1 Å². The number of piperidine rings is 1. The number of ether oxygens (including phenoxy) is 1. The smallest absolute Gasteiger partial charge is 0.237 e. The maximum absolute atomic E-state index is 12.2. The number of rotatable bonds is 3. The van der Waals surface area contributed by atoms with Gasteiger partial charge in [0.1, 0.15) is 0 Å². The van der Waals surface area contributed by atoms with Gasteiger partial charge in [0, 0.05) is 13.2 Å². The largest absolute Gasteiger partial charge is 0.381 e. The molecule has 98 valence electrons. The van der Waals surface area contributed by atoms with Gasteiger partial charge >= 0.3 is 0 Å². The highest BCUT2D eigenvalue weighted by molar-refractivity contribution is 5.83. The number of methoxy groups -OCH3 is 1. The summed E-state index contributed by atoms with van der Waals surface area (Å²) in [5.41, 5.74) is 0.0622. The second kappa shape index (κ2) is 4.94. The first-order valence-corrected chi connectivity index (χ1v) is 6.59. The van der Waals surface area contributed by atoms with Gasteiger partial charge in [-0.2, -0.15) is 0 Å². The van der Waals surface area contributed by atoms with Crippen LogP contribution in [-0.4, -0.2) is 37.7 Å². The monoisotopic (exact) mass is 240 g/mol. The van der Waals surface area contributed by atoms with E-state index in [4.69, 9.17) is 4.74 Å². The second-order valence-corrected chi connectivity index (χ2v) is 6.01. The number of carbonyl (C=O) groups is 1. The van der Waals surface area contributed by atoms with Crippen molar-refractivity contribution in [2.45, 2.75) is 57.7 Å². The van der Waals surface area contributed by atoms with E-state index >= 15 is 0 Å². The summed E-state index contributed by atoms with van der Waals surface area (Å²) in [6, 6.07) is 0.268. The van der Waals surface area contributed by atoms with E-state index in [1.807, 2.05) is 0 Å². The Bertz CT molecular complexity index is 285. The van der Waals surface area contributed by atoms with Crippen molar-refractivity contribution in [3.8, 4) is 0 Å². The van der Waals surface area contributed by atoms with E-state index in [1.165, 1.54) is 0 Å². The van der Waals surface area contributed by atoms with E-state index in [0.717, 1.165) is 32.2 Å². The zero-order chi connectivity index (χ0) is 12.5. The van der Waals surface area contributed by atoms with Crippen molar-refractivity contribution in [1.29, 1.82) is 0 Å². The minimum Gasteiger partial charge on any atom is -0.381 e. The van der Waals surface area contributed by atoms with Crippen LogP contribution in [0.2, 0.25) is 0 Å². The van der Waals surface area contributed by atoms with Crippen LogP contribution >= 0.6 is 0 Å². The quantitative estimate of drug-likeness (QED) is 0.775. The van der Waals surface area contributed by atoms with Gasteiger partial charge in [0.15, 0.2) is 0 Å². The van der Waals surface area contributed by atoms with Crippen LogP contribution in [0.5, 0.6) is 0 Å². The molecule has 0 spiro atoms. The molecule has 2 N–H and O–H groups in total. The average Bonchev–Trinajstić information content (AvgIpc) is 2.21. The normalized spacial score (nSPS) is 36.1. The van der Waals surface area contributed by atoms with Crippen LogP contribution in [0.15, 0.2) is 0 Å². The van der Waals surface area contributed by atoms with E-state index in [1.54, 1.807) is 7.11 Å². The third-order valence-corrected chi connectivity index (χ3v) is 4.16. The maximum Gasteiger partial charge on any atom is 0.237 e. The van der Waals surface area contributed by atoms with Crippen molar-refractivity contribution in [2.24, 2.45) is 5.41 Å². The third-order valence-electron chi connectivity index (χ3n) is 4.16. The fourth-order valence-electron chi connectivity index (χ4n) is 2.82. The first-order valence-electron chi connectivity index (χ1n) is 6.59. The van der Waals surface area contributed by atoms with E-state index in [-0.39, 0.29) is 17.4 Å². The van der Waals surface area contributed by atoms with Gasteiger partial charge in [-0.3, -0.25) is 4.79 Å². The SMILES string of the molecule is COC1CC(NC(=O)C2NCCCC2(C)C)C1. The Morgan fingerprint density at radius 3 is 2.71 bits per heavy atom. The van der Waals surface area contributed by atoms with Crippen LogP contribution < -0.4 is 10.6 Å². The highest BCUT2D eigenvalue weighted by Gasteiger charge is 2.39. The van der Waals surface area contributed by atoms with Crippen LogP contribution in [0.3, 0.4) is 0 Å². The molecule has 0 radical (unpaired) electrons. The molecular formula is C13H24N2O2. The molecule has 1 amide bonds. The van der Waals surface area contributed by atoms with Crippen molar-refractivity contribution < 1.29 is 9.53 Å². The number of hydrogen-bond acceptors (Lipinski definition) is 3. The van der Waals surface area contributed by atoms with E-state index in [2.05, 4.69) is 24.5 Å². The summed E-state index contributed by atoms with van der Waals surface area (Å²) in [5.74, 6) is 0.161. The molecule has 17 heavy (non-hydrogen) atoms. The van der Waals surface area contributed by atoms with Gasteiger partial charge in [0.25, 0.3) is 0 Å². The Kier molecular flexibility index (Phi) is 3.73. The molecule has 2 aliphatic rings. The molecule has 1 saturated heterocycles. The highest BCUT2D eigenvalue weighted by atomic mass is 16.5. The number of nitrogens with one attached hydrogen (secondary N) is 2. The molecule has 4 nitrogen and oxygen atoms in total. The molecule has 1 unspecified atom stereocenters.